The molecular formula is C32H29ClN2O8S. The molecule has 228 valence electrons. The van der Waals surface area contributed by atoms with Gasteiger partial charge in [-0.1, -0.05) is 54.1 Å². The summed E-state index contributed by atoms with van der Waals surface area (Å²) in [5.41, 5.74) is 1.21. The highest BCUT2D eigenvalue weighted by Gasteiger charge is 2.26. The summed E-state index contributed by atoms with van der Waals surface area (Å²) in [6.45, 7) is 0.876. The fourth-order valence-corrected chi connectivity index (χ4v) is 6.10. The van der Waals surface area contributed by atoms with Crippen LogP contribution in [0.5, 0.6) is 23.0 Å². The molecule has 0 radical (unpaired) electrons. The Morgan fingerprint density at radius 3 is 2.34 bits per heavy atom. The molecular weight excluding hydrogens is 608 g/mol. The first-order valence-corrected chi connectivity index (χ1v) is 15.0. The summed E-state index contributed by atoms with van der Waals surface area (Å²) in [5.74, 6) is -0.631. The average Bonchev–Trinajstić information content (AvgIpc) is 3.37. The summed E-state index contributed by atoms with van der Waals surface area (Å²) in [6.07, 6.45) is 1.52. The molecule has 0 aliphatic carbocycles. The minimum absolute atomic E-state index is 0.0331. The number of thiophene rings is 1. The van der Waals surface area contributed by atoms with Gasteiger partial charge in [-0.3, -0.25) is 0 Å². The van der Waals surface area contributed by atoms with E-state index in [1.54, 1.807) is 35.2 Å². The molecule has 1 fully saturated rings. The standard InChI is InChI=1S/C32H29ClN2O8S/c33-27-28(42-19-26(36)37)30(31(38)39)44-29(27)21-7-6-10-23(17-21)41-18-20-13-15-35(16-14-20)32(40)34-24-11-4-5-12-25(24)43-22-8-2-1-3-9-22/h1-12,17,20H,13-16,18-19H2,(H,34,40)(H,36,37)(H,38,39). The molecule has 2 heterocycles. The molecule has 0 unspecified atom stereocenters. The number of ether oxygens (including phenoxy) is 3. The minimum atomic E-state index is -1.26. The van der Waals surface area contributed by atoms with Crippen LogP contribution >= 0.6 is 22.9 Å². The topological polar surface area (TPSA) is 135 Å². The predicted molar refractivity (Wildman–Crippen MR) is 167 cm³/mol. The smallest absolute Gasteiger partial charge is 0.349 e. The van der Waals surface area contributed by atoms with Gasteiger partial charge in [0, 0.05) is 13.1 Å². The van der Waals surface area contributed by atoms with E-state index in [9.17, 15) is 19.5 Å². The molecule has 1 aromatic heterocycles. The molecule has 0 atom stereocenters. The maximum atomic E-state index is 13.0. The van der Waals surface area contributed by atoms with E-state index in [1.165, 1.54) is 0 Å². The number of benzene rings is 3. The van der Waals surface area contributed by atoms with E-state index in [0.717, 1.165) is 24.2 Å². The van der Waals surface area contributed by atoms with E-state index in [0.29, 0.717) is 53.1 Å². The third-order valence-corrected chi connectivity index (χ3v) is 8.61. The van der Waals surface area contributed by atoms with Gasteiger partial charge in [-0.2, -0.15) is 0 Å². The molecule has 3 aromatic carbocycles. The predicted octanol–water partition coefficient (Wildman–Crippen LogP) is 7.35. The third-order valence-electron chi connectivity index (χ3n) is 6.93. The van der Waals surface area contributed by atoms with Crippen molar-refractivity contribution in [1.29, 1.82) is 0 Å². The number of nitrogens with one attached hydrogen (secondary N) is 1. The van der Waals surface area contributed by atoms with Crippen molar-refractivity contribution in [3.05, 3.63) is 88.8 Å². The van der Waals surface area contributed by atoms with Crippen LogP contribution in [0.1, 0.15) is 22.5 Å². The van der Waals surface area contributed by atoms with E-state index >= 15 is 0 Å². The van der Waals surface area contributed by atoms with Crippen molar-refractivity contribution in [2.45, 2.75) is 12.8 Å². The zero-order valence-corrected chi connectivity index (χ0v) is 25.0. The van der Waals surface area contributed by atoms with E-state index in [-0.39, 0.29) is 27.6 Å². The maximum absolute atomic E-state index is 13.0. The summed E-state index contributed by atoms with van der Waals surface area (Å²) in [6, 6.07) is 23.6. The van der Waals surface area contributed by atoms with Gasteiger partial charge in [-0.05, 0) is 60.7 Å². The molecule has 5 rings (SSSR count). The van der Waals surface area contributed by atoms with Crippen molar-refractivity contribution >= 4 is 46.6 Å². The number of carboxylic acid groups (broad SMARTS) is 2. The quantitative estimate of drug-likeness (QED) is 0.156. The fourth-order valence-electron chi connectivity index (χ4n) is 4.70. The molecule has 10 nitrogen and oxygen atoms in total. The minimum Gasteiger partial charge on any atom is -0.493 e. The van der Waals surface area contributed by atoms with Crippen molar-refractivity contribution in [3.63, 3.8) is 0 Å². The van der Waals surface area contributed by atoms with Crippen LogP contribution in [-0.2, 0) is 4.79 Å². The molecule has 0 bridgehead atoms. The van der Waals surface area contributed by atoms with E-state index in [4.69, 9.17) is 30.9 Å². The van der Waals surface area contributed by atoms with Crippen LogP contribution in [0.25, 0.3) is 10.4 Å². The monoisotopic (exact) mass is 636 g/mol. The number of nitrogens with zero attached hydrogens (tertiary/aromatic N) is 1. The summed E-state index contributed by atoms with van der Waals surface area (Å²) in [5, 5.41) is 21.5. The fraction of sp³-hybridized carbons (Fsp3) is 0.219. The molecule has 1 saturated heterocycles. The normalized spacial score (nSPS) is 13.2. The molecule has 0 saturated carbocycles. The summed E-state index contributed by atoms with van der Waals surface area (Å²) >= 11 is 7.32. The second kappa shape index (κ2) is 14.2. The number of aromatic carboxylic acids is 1. The molecule has 2 amide bonds. The van der Waals surface area contributed by atoms with Gasteiger partial charge in [0.25, 0.3) is 0 Å². The molecule has 3 N–H and O–H groups in total. The Morgan fingerprint density at radius 2 is 1.61 bits per heavy atom. The Labute approximate surface area is 262 Å². The molecule has 12 heteroatoms. The first-order chi connectivity index (χ1) is 21.3. The summed E-state index contributed by atoms with van der Waals surface area (Å²) in [4.78, 5) is 37.7. The van der Waals surface area contributed by atoms with Gasteiger partial charge < -0.3 is 34.6 Å². The van der Waals surface area contributed by atoms with E-state index < -0.39 is 18.5 Å². The Bertz CT molecular complexity index is 1640. The molecule has 1 aliphatic rings. The van der Waals surface area contributed by atoms with Crippen LogP contribution in [0, 0.1) is 5.92 Å². The van der Waals surface area contributed by atoms with Gasteiger partial charge in [0.05, 0.1) is 17.2 Å². The largest absolute Gasteiger partial charge is 0.493 e. The number of hydrogen-bond donors (Lipinski definition) is 3. The van der Waals surface area contributed by atoms with Crippen LogP contribution in [0.2, 0.25) is 5.02 Å². The maximum Gasteiger partial charge on any atom is 0.349 e. The molecule has 4 aromatic rings. The Hall–Kier alpha value is -4.74. The van der Waals surface area contributed by atoms with Crippen molar-refractivity contribution in [1.82, 2.24) is 4.90 Å². The number of piperidine rings is 1. The molecule has 0 spiro atoms. The highest BCUT2D eigenvalue weighted by atomic mass is 35.5. The lowest BCUT2D eigenvalue weighted by atomic mass is 9.98. The number of anilines is 1. The highest BCUT2D eigenvalue weighted by molar-refractivity contribution is 7.18. The van der Waals surface area contributed by atoms with Crippen molar-refractivity contribution in [2.75, 3.05) is 31.6 Å². The number of likely N-dealkylation sites (tertiary alicyclic amines) is 1. The van der Waals surface area contributed by atoms with Crippen LogP contribution < -0.4 is 19.5 Å². The van der Waals surface area contributed by atoms with Crippen molar-refractivity contribution in [3.8, 4) is 33.4 Å². The number of hydrogen-bond acceptors (Lipinski definition) is 7. The lowest BCUT2D eigenvalue weighted by Crippen LogP contribution is -2.42. The van der Waals surface area contributed by atoms with Gasteiger partial charge >= 0.3 is 18.0 Å². The number of carbonyl (C=O) groups is 3. The number of halogens is 1. The van der Waals surface area contributed by atoms with Crippen molar-refractivity contribution in [2.24, 2.45) is 5.92 Å². The first-order valence-electron chi connectivity index (χ1n) is 13.8. The Kier molecular flexibility index (Phi) is 9.88. The SMILES string of the molecule is O=C(O)COc1c(C(=O)O)sc(-c2cccc(OCC3CCN(C(=O)Nc4ccccc4Oc4ccccc4)CC3)c2)c1Cl. The average molecular weight is 637 g/mol. The second-order valence-electron chi connectivity index (χ2n) is 10.0. The number of carboxylic acids is 2. The zero-order valence-electron chi connectivity index (χ0n) is 23.4. The third kappa shape index (κ3) is 7.61. The molecule has 44 heavy (non-hydrogen) atoms. The zero-order chi connectivity index (χ0) is 31.1. The number of urea groups is 1. The van der Waals surface area contributed by atoms with Crippen LogP contribution in [0.3, 0.4) is 0 Å². The van der Waals surface area contributed by atoms with Crippen LogP contribution in [-0.4, -0.2) is 59.4 Å². The number of amides is 2. The van der Waals surface area contributed by atoms with E-state index in [1.807, 2.05) is 48.5 Å². The number of rotatable bonds is 11. The number of aliphatic carboxylic acids is 1. The second-order valence-corrected chi connectivity index (χ2v) is 11.4. The highest BCUT2D eigenvalue weighted by Crippen LogP contribution is 2.46. The van der Waals surface area contributed by atoms with Gasteiger partial charge in [-0.15, -0.1) is 11.3 Å². The molecule has 1 aliphatic heterocycles. The Balaban J connectivity index is 1.15. The lowest BCUT2D eigenvalue weighted by molar-refractivity contribution is -0.139. The number of para-hydroxylation sites is 3. The summed E-state index contributed by atoms with van der Waals surface area (Å²) in [7, 11) is 0. The first kappa shape index (κ1) is 30.7. The van der Waals surface area contributed by atoms with Crippen LogP contribution in [0.15, 0.2) is 78.9 Å². The van der Waals surface area contributed by atoms with Crippen LogP contribution in [0.4, 0.5) is 10.5 Å². The van der Waals surface area contributed by atoms with Gasteiger partial charge in [-0.25, -0.2) is 14.4 Å². The van der Waals surface area contributed by atoms with Crippen molar-refractivity contribution < 1.29 is 38.8 Å². The number of carbonyl (C=O) groups excluding carboxylic acids is 1. The Morgan fingerprint density at radius 1 is 0.909 bits per heavy atom. The lowest BCUT2D eigenvalue weighted by Gasteiger charge is -2.32. The summed E-state index contributed by atoms with van der Waals surface area (Å²) < 4.78 is 17.2. The van der Waals surface area contributed by atoms with Gasteiger partial charge in [0.15, 0.2) is 23.0 Å². The van der Waals surface area contributed by atoms with Gasteiger partial charge in [0.2, 0.25) is 0 Å². The van der Waals surface area contributed by atoms with Gasteiger partial charge in [0.1, 0.15) is 16.5 Å². The van der Waals surface area contributed by atoms with E-state index in [2.05, 4.69) is 5.32 Å².